The zero-order valence-electron chi connectivity index (χ0n) is 16.8. The molecule has 1 rings (SSSR count). The second-order valence-corrected chi connectivity index (χ2v) is 5.89. The first kappa shape index (κ1) is 25.4. The largest absolute Gasteiger partial charge is 0.495 e. The highest BCUT2D eigenvalue weighted by molar-refractivity contribution is 14.0. The van der Waals surface area contributed by atoms with E-state index in [0.717, 1.165) is 50.5 Å². The summed E-state index contributed by atoms with van der Waals surface area (Å²) in [6.45, 7) is 6.60. The van der Waals surface area contributed by atoms with Crippen molar-refractivity contribution in [3.8, 4) is 5.75 Å². The number of nitrogens with one attached hydrogen (secondary N) is 3. The number of hydrogen-bond acceptors (Lipinski definition) is 4. The number of anilines is 1. The lowest BCUT2D eigenvalue weighted by molar-refractivity contribution is -0.114. The van der Waals surface area contributed by atoms with Crippen molar-refractivity contribution in [3.05, 3.63) is 23.8 Å². The number of carbonyl (C=O) groups excluding carboxylic acids is 1. The Kier molecular flexibility index (Phi) is 14.6. The van der Waals surface area contributed by atoms with Crippen LogP contribution in [-0.2, 0) is 16.1 Å². The molecule has 0 aliphatic rings. The molecule has 1 amide bonds. The summed E-state index contributed by atoms with van der Waals surface area (Å²) in [5.41, 5.74) is 1.67. The molecule has 0 aromatic heterocycles. The number of guanidine groups is 1. The third kappa shape index (κ3) is 11.0. The molecule has 0 bridgehead atoms. The number of carbonyl (C=O) groups is 1. The van der Waals surface area contributed by atoms with Crippen molar-refractivity contribution in [2.45, 2.75) is 39.7 Å². The van der Waals surface area contributed by atoms with E-state index in [1.807, 2.05) is 18.2 Å². The third-order valence-corrected chi connectivity index (χ3v) is 3.66. The molecule has 1 aromatic rings. The van der Waals surface area contributed by atoms with Crippen LogP contribution < -0.4 is 20.7 Å². The summed E-state index contributed by atoms with van der Waals surface area (Å²) in [5, 5.41) is 9.30. The van der Waals surface area contributed by atoms with Crippen molar-refractivity contribution < 1.29 is 14.3 Å². The summed E-state index contributed by atoms with van der Waals surface area (Å²) in [4.78, 5) is 15.5. The molecule has 0 aliphatic heterocycles. The van der Waals surface area contributed by atoms with Gasteiger partial charge in [0.25, 0.3) is 0 Å². The molecule has 0 fully saturated rings. The molecule has 0 radical (unpaired) electrons. The average Bonchev–Trinajstić information content (AvgIpc) is 2.63. The molecule has 154 valence electrons. The van der Waals surface area contributed by atoms with Gasteiger partial charge in [-0.05, 0) is 30.5 Å². The normalized spacial score (nSPS) is 10.7. The molecule has 0 spiro atoms. The number of unbranched alkanes of at least 4 members (excludes halogenated alkanes) is 1. The fourth-order valence-electron chi connectivity index (χ4n) is 2.29. The summed E-state index contributed by atoms with van der Waals surface area (Å²) in [7, 11) is 3.32. The van der Waals surface area contributed by atoms with Crippen LogP contribution in [0.5, 0.6) is 5.75 Å². The van der Waals surface area contributed by atoms with E-state index in [4.69, 9.17) is 9.47 Å². The number of aliphatic imine (C=N–C) groups is 1. The van der Waals surface area contributed by atoms with Crippen molar-refractivity contribution in [1.82, 2.24) is 10.6 Å². The van der Waals surface area contributed by atoms with E-state index in [9.17, 15) is 4.79 Å². The zero-order valence-corrected chi connectivity index (χ0v) is 19.1. The number of hydrogen-bond donors (Lipinski definition) is 3. The summed E-state index contributed by atoms with van der Waals surface area (Å²) >= 11 is 0. The van der Waals surface area contributed by atoms with Crippen LogP contribution in [0.2, 0.25) is 0 Å². The lowest BCUT2D eigenvalue weighted by Gasteiger charge is -2.14. The van der Waals surface area contributed by atoms with Gasteiger partial charge in [0.1, 0.15) is 5.75 Å². The number of nitrogens with zero attached hydrogens (tertiary/aromatic N) is 1. The van der Waals surface area contributed by atoms with E-state index < -0.39 is 0 Å². The van der Waals surface area contributed by atoms with Crippen LogP contribution in [0.4, 0.5) is 5.69 Å². The Bertz CT molecular complexity index is 582. The second kappa shape index (κ2) is 15.5. The van der Waals surface area contributed by atoms with Gasteiger partial charge in [-0.15, -0.1) is 24.0 Å². The van der Waals surface area contributed by atoms with E-state index in [2.05, 4.69) is 27.9 Å². The van der Waals surface area contributed by atoms with Crippen LogP contribution in [0.1, 0.15) is 38.7 Å². The third-order valence-electron chi connectivity index (χ3n) is 3.66. The van der Waals surface area contributed by atoms with Gasteiger partial charge in [-0.2, -0.15) is 0 Å². The molecule has 27 heavy (non-hydrogen) atoms. The minimum atomic E-state index is -0.132. The van der Waals surface area contributed by atoms with Crippen molar-refractivity contribution in [2.75, 3.05) is 39.2 Å². The van der Waals surface area contributed by atoms with E-state index in [-0.39, 0.29) is 29.9 Å². The molecule has 0 saturated heterocycles. The van der Waals surface area contributed by atoms with Gasteiger partial charge in [0.05, 0.1) is 12.8 Å². The van der Waals surface area contributed by atoms with E-state index in [1.165, 1.54) is 6.92 Å². The molecule has 3 N–H and O–H groups in total. The fraction of sp³-hybridized carbons (Fsp3) is 0.579. The van der Waals surface area contributed by atoms with Gasteiger partial charge < -0.3 is 25.4 Å². The zero-order chi connectivity index (χ0) is 19.2. The Morgan fingerprint density at radius 2 is 1.93 bits per heavy atom. The first-order chi connectivity index (χ1) is 12.6. The first-order valence-corrected chi connectivity index (χ1v) is 9.07. The van der Waals surface area contributed by atoms with Gasteiger partial charge in [0.2, 0.25) is 5.91 Å². The lowest BCUT2D eigenvalue weighted by atomic mass is 10.2. The maximum Gasteiger partial charge on any atom is 0.221 e. The Morgan fingerprint density at radius 1 is 1.19 bits per heavy atom. The van der Waals surface area contributed by atoms with Gasteiger partial charge in [0, 0.05) is 40.3 Å². The van der Waals surface area contributed by atoms with Crippen molar-refractivity contribution in [1.29, 1.82) is 0 Å². The Labute approximate surface area is 179 Å². The highest BCUT2D eigenvalue weighted by Gasteiger charge is 2.06. The van der Waals surface area contributed by atoms with Crippen LogP contribution in [0.3, 0.4) is 0 Å². The molecule has 8 heteroatoms. The standard InChI is InChI=1S/C19H32N4O3.HI/c1-5-6-11-26-12-7-10-21-19(20-3)22-14-16-8-9-18(25-4)17(13-16)23-15(2)24;/h8-9,13H,5-7,10-12,14H2,1-4H3,(H,23,24)(H2,20,21,22);1H. The Balaban J connectivity index is 0.00000676. The van der Waals surface area contributed by atoms with Crippen molar-refractivity contribution in [3.63, 3.8) is 0 Å². The number of rotatable bonds is 11. The van der Waals surface area contributed by atoms with E-state index in [1.54, 1.807) is 14.2 Å². The molecule has 0 atom stereocenters. The number of amides is 1. The monoisotopic (exact) mass is 492 g/mol. The summed E-state index contributed by atoms with van der Waals surface area (Å²) in [6, 6.07) is 5.68. The van der Waals surface area contributed by atoms with Gasteiger partial charge in [0.15, 0.2) is 5.96 Å². The van der Waals surface area contributed by atoms with Crippen LogP contribution in [-0.4, -0.2) is 45.8 Å². The van der Waals surface area contributed by atoms with Crippen molar-refractivity contribution >= 4 is 41.5 Å². The van der Waals surface area contributed by atoms with Crippen LogP contribution in [0.15, 0.2) is 23.2 Å². The minimum Gasteiger partial charge on any atom is -0.495 e. The minimum absolute atomic E-state index is 0. The summed E-state index contributed by atoms with van der Waals surface area (Å²) in [5.74, 6) is 1.23. The average molecular weight is 492 g/mol. The van der Waals surface area contributed by atoms with Gasteiger partial charge in [-0.25, -0.2) is 0 Å². The molecule has 0 saturated carbocycles. The van der Waals surface area contributed by atoms with Crippen LogP contribution in [0.25, 0.3) is 0 Å². The molecular formula is C19H33IN4O3. The second-order valence-electron chi connectivity index (χ2n) is 5.89. The first-order valence-electron chi connectivity index (χ1n) is 9.07. The SMILES string of the molecule is CCCCOCCCNC(=NC)NCc1ccc(OC)c(NC(C)=O)c1.I. The fourth-order valence-corrected chi connectivity index (χ4v) is 2.29. The number of ether oxygens (including phenoxy) is 2. The van der Waals surface area contributed by atoms with Gasteiger partial charge in [-0.1, -0.05) is 19.4 Å². The molecule has 7 nitrogen and oxygen atoms in total. The molecule has 0 heterocycles. The van der Waals surface area contributed by atoms with E-state index in [0.29, 0.717) is 18.0 Å². The van der Waals surface area contributed by atoms with Crippen molar-refractivity contribution in [2.24, 2.45) is 4.99 Å². The molecule has 1 aromatic carbocycles. The maximum absolute atomic E-state index is 11.3. The Morgan fingerprint density at radius 3 is 2.56 bits per heavy atom. The highest BCUT2D eigenvalue weighted by Crippen LogP contribution is 2.25. The number of benzene rings is 1. The molecule has 0 aliphatic carbocycles. The summed E-state index contributed by atoms with van der Waals surface area (Å²) in [6.07, 6.45) is 3.20. The number of halogens is 1. The van der Waals surface area contributed by atoms with Crippen LogP contribution in [0, 0.1) is 0 Å². The van der Waals surface area contributed by atoms with Gasteiger partial charge >= 0.3 is 0 Å². The summed E-state index contributed by atoms with van der Waals surface area (Å²) < 4.78 is 10.8. The topological polar surface area (TPSA) is 84.0 Å². The van der Waals surface area contributed by atoms with Crippen LogP contribution >= 0.6 is 24.0 Å². The predicted molar refractivity (Wildman–Crippen MR) is 121 cm³/mol. The van der Waals surface area contributed by atoms with E-state index >= 15 is 0 Å². The Hall–Kier alpha value is -1.55. The number of methoxy groups -OCH3 is 1. The predicted octanol–water partition coefficient (Wildman–Crippen LogP) is 3.14. The smallest absolute Gasteiger partial charge is 0.221 e. The molecule has 0 unspecified atom stereocenters. The quantitative estimate of drug-likeness (QED) is 0.191. The highest BCUT2D eigenvalue weighted by atomic mass is 127. The lowest BCUT2D eigenvalue weighted by Crippen LogP contribution is -2.37. The van der Waals surface area contributed by atoms with Gasteiger partial charge in [-0.3, -0.25) is 9.79 Å². The molecular weight excluding hydrogens is 459 g/mol. The maximum atomic E-state index is 11.3.